The summed E-state index contributed by atoms with van der Waals surface area (Å²) in [5.74, 6) is -0.223. The number of carbonyl (C=O) groups is 1. The van der Waals surface area contributed by atoms with Crippen molar-refractivity contribution in [3.05, 3.63) is 70.2 Å². The van der Waals surface area contributed by atoms with Gasteiger partial charge in [0.25, 0.3) is 5.91 Å². The highest BCUT2D eigenvalue weighted by Gasteiger charge is 2.19. The summed E-state index contributed by atoms with van der Waals surface area (Å²) in [5, 5.41) is 2.85. The van der Waals surface area contributed by atoms with Gasteiger partial charge in [0.2, 0.25) is 0 Å². The Kier molecular flexibility index (Phi) is 4.87. The summed E-state index contributed by atoms with van der Waals surface area (Å²) < 4.78 is 0.729. The minimum atomic E-state index is -0.481. The van der Waals surface area contributed by atoms with Crippen LogP contribution in [0.4, 0.5) is 0 Å². The van der Waals surface area contributed by atoms with Crippen LogP contribution in [-0.4, -0.2) is 10.9 Å². The lowest BCUT2D eigenvalue weighted by atomic mass is 10.1. The topological polar surface area (TPSA) is 55.1 Å². The average molecular weight is 349 g/mol. The van der Waals surface area contributed by atoms with E-state index in [1.54, 1.807) is 12.1 Å². The van der Waals surface area contributed by atoms with E-state index in [-0.39, 0.29) is 10.9 Å². The Hall–Kier alpha value is -1.72. The molecule has 0 saturated carbocycles. The van der Waals surface area contributed by atoms with Gasteiger partial charge >= 0.3 is 0 Å². The first kappa shape index (κ1) is 14.7. The SMILES string of the molecule is NC(=S)C(NC(=O)c1ccccc1Br)c1ccccc1. The van der Waals surface area contributed by atoms with Gasteiger partial charge in [0.1, 0.15) is 11.0 Å². The predicted octanol–water partition coefficient (Wildman–Crippen LogP) is 3.21. The molecule has 0 fully saturated rings. The molecule has 3 nitrogen and oxygen atoms in total. The van der Waals surface area contributed by atoms with Crippen LogP contribution >= 0.6 is 28.1 Å². The molecule has 0 radical (unpaired) electrons. The molecule has 0 aliphatic heterocycles. The van der Waals surface area contributed by atoms with Crippen LogP contribution in [-0.2, 0) is 0 Å². The summed E-state index contributed by atoms with van der Waals surface area (Å²) in [6, 6.07) is 16.1. The molecule has 1 atom stereocenters. The van der Waals surface area contributed by atoms with Crippen molar-refractivity contribution in [2.75, 3.05) is 0 Å². The highest BCUT2D eigenvalue weighted by Crippen LogP contribution is 2.18. The monoisotopic (exact) mass is 348 g/mol. The molecule has 0 aromatic heterocycles. The molecule has 5 heteroatoms. The van der Waals surface area contributed by atoms with Gasteiger partial charge in [-0.1, -0.05) is 54.7 Å². The Morgan fingerprint density at radius 1 is 1.10 bits per heavy atom. The van der Waals surface area contributed by atoms with Crippen molar-refractivity contribution >= 4 is 39.0 Å². The highest BCUT2D eigenvalue weighted by atomic mass is 79.9. The largest absolute Gasteiger partial charge is 0.391 e. The van der Waals surface area contributed by atoms with Gasteiger partial charge in [0, 0.05) is 4.47 Å². The maximum atomic E-state index is 12.3. The second-order valence-corrected chi connectivity index (χ2v) is 5.53. The molecular weight excluding hydrogens is 336 g/mol. The molecule has 0 aliphatic carbocycles. The molecule has 0 heterocycles. The van der Waals surface area contributed by atoms with Crippen molar-refractivity contribution in [1.29, 1.82) is 0 Å². The number of thiocarbonyl (C=S) groups is 1. The van der Waals surface area contributed by atoms with Crippen LogP contribution < -0.4 is 11.1 Å². The van der Waals surface area contributed by atoms with Crippen molar-refractivity contribution < 1.29 is 4.79 Å². The fourth-order valence-electron chi connectivity index (χ4n) is 1.82. The lowest BCUT2D eigenvalue weighted by Gasteiger charge is -2.18. The molecule has 1 amide bonds. The van der Waals surface area contributed by atoms with Crippen LogP contribution in [0.15, 0.2) is 59.1 Å². The van der Waals surface area contributed by atoms with Crippen LogP contribution in [0.1, 0.15) is 22.0 Å². The first-order chi connectivity index (χ1) is 9.59. The summed E-state index contributed by atoms with van der Waals surface area (Å²) in [7, 11) is 0. The summed E-state index contributed by atoms with van der Waals surface area (Å²) in [6.45, 7) is 0. The van der Waals surface area contributed by atoms with E-state index in [9.17, 15) is 4.79 Å². The van der Waals surface area contributed by atoms with Crippen LogP contribution in [0.3, 0.4) is 0 Å². The Morgan fingerprint density at radius 3 is 2.30 bits per heavy atom. The number of rotatable bonds is 4. The Balaban J connectivity index is 2.24. The molecule has 3 N–H and O–H groups in total. The maximum Gasteiger partial charge on any atom is 0.253 e. The molecule has 20 heavy (non-hydrogen) atoms. The number of nitrogens with one attached hydrogen (secondary N) is 1. The van der Waals surface area contributed by atoms with E-state index in [1.807, 2.05) is 42.5 Å². The quantitative estimate of drug-likeness (QED) is 0.834. The Labute approximate surface area is 131 Å². The van der Waals surface area contributed by atoms with Crippen molar-refractivity contribution in [2.45, 2.75) is 6.04 Å². The highest BCUT2D eigenvalue weighted by molar-refractivity contribution is 9.10. The van der Waals surface area contributed by atoms with Gasteiger partial charge in [-0.15, -0.1) is 0 Å². The standard InChI is InChI=1S/C15H13BrN2OS/c16-12-9-5-4-8-11(12)15(19)18-13(14(17)20)10-6-2-1-3-7-10/h1-9,13H,(H2,17,20)(H,18,19). The fraction of sp³-hybridized carbons (Fsp3) is 0.0667. The van der Waals surface area contributed by atoms with Crippen molar-refractivity contribution in [2.24, 2.45) is 5.73 Å². The van der Waals surface area contributed by atoms with Gasteiger partial charge in [-0.25, -0.2) is 0 Å². The fourth-order valence-corrected chi connectivity index (χ4v) is 2.48. The van der Waals surface area contributed by atoms with Gasteiger partial charge in [-0.2, -0.15) is 0 Å². The first-order valence-electron chi connectivity index (χ1n) is 5.99. The molecule has 0 spiro atoms. The zero-order chi connectivity index (χ0) is 14.5. The Morgan fingerprint density at radius 2 is 1.70 bits per heavy atom. The molecule has 2 aromatic carbocycles. The lowest BCUT2D eigenvalue weighted by Crippen LogP contribution is -2.36. The van der Waals surface area contributed by atoms with E-state index in [4.69, 9.17) is 18.0 Å². The minimum absolute atomic E-state index is 0.223. The number of halogens is 1. The molecule has 102 valence electrons. The van der Waals surface area contributed by atoms with Crippen molar-refractivity contribution in [3.8, 4) is 0 Å². The van der Waals surface area contributed by atoms with Crippen molar-refractivity contribution in [3.63, 3.8) is 0 Å². The zero-order valence-corrected chi connectivity index (χ0v) is 12.9. The third kappa shape index (κ3) is 3.43. The zero-order valence-electron chi connectivity index (χ0n) is 10.5. The van der Waals surface area contributed by atoms with Gasteiger partial charge in [-0.3, -0.25) is 4.79 Å². The molecule has 0 aliphatic rings. The Bertz CT molecular complexity index is 631. The maximum absolute atomic E-state index is 12.3. The molecule has 0 bridgehead atoms. The summed E-state index contributed by atoms with van der Waals surface area (Å²) in [4.78, 5) is 12.5. The number of nitrogens with two attached hydrogens (primary N) is 1. The minimum Gasteiger partial charge on any atom is -0.391 e. The van der Waals surface area contributed by atoms with Crippen molar-refractivity contribution in [1.82, 2.24) is 5.32 Å². The normalized spacial score (nSPS) is 11.7. The summed E-state index contributed by atoms with van der Waals surface area (Å²) in [5.41, 5.74) is 7.15. The third-order valence-electron chi connectivity index (χ3n) is 2.81. The van der Waals surface area contributed by atoms with Gasteiger partial charge in [-0.05, 0) is 33.6 Å². The van der Waals surface area contributed by atoms with Gasteiger partial charge in [0.05, 0.1) is 5.56 Å². The number of hydrogen-bond donors (Lipinski definition) is 2. The van der Waals surface area contributed by atoms with Gasteiger partial charge < -0.3 is 11.1 Å². The number of hydrogen-bond acceptors (Lipinski definition) is 2. The number of carbonyl (C=O) groups excluding carboxylic acids is 1. The summed E-state index contributed by atoms with van der Waals surface area (Å²) >= 11 is 8.41. The number of benzene rings is 2. The smallest absolute Gasteiger partial charge is 0.253 e. The van der Waals surface area contributed by atoms with Crippen LogP contribution in [0.5, 0.6) is 0 Å². The van der Waals surface area contributed by atoms with Gasteiger partial charge in [0.15, 0.2) is 0 Å². The number of amides is 1. The van der Waals surface area contributed by atoms with E-state index < -0.39 is 6.04 Å². The van der Waals surface area contributed by atoms with E-state index >= 15 is 0 Å². The first-order valence-corrected chi connectivity index (χ1v) is 7.19. The lowest BCUT2D eigenvalue weighted by molar-refractivity contribution is 0.0946. The second kappa shape index (κ2) is 6.63. The summed E-state index contributed by atoms with van der Waals surface area (Å²) in [6.07, 6.45) is 0. The van der Waals surface area contributed by atoms with Crippen LogP contribution in [0.2, 0.25) is 0 Å². The second-order valence-electron chi connectivity index (χ2n) is 4.20. The third-order valence-corrected chi connectivity index (χ3v) is 3.74. The molecule has 2 aromatic rings. The van der Waals surface area contributed by atoms with E-state index in [0.29, 0.717) is 5.56 Å². The molecule has 2 rings (SSSR count). The van der Waals surface area contributed by atoms with Crippen LogP contribution in [0, 0.1) is 0 Å². The molecule has 0 saturated heterocycles. The molecule has 1 unspecified atom stereocenters. The predicted molar refractivity (Wildman–Crippen MR) is 87.6 cm³/mol. The average Bonchev–Trinajstić information content (AvgIpc) is 2.45. The van der Waals surface area contributed by atoms with E-state index in [2.05, 4.69) is 21.2 Å². The van der Waals surface area contributed by atoms with Crippen LogP contribution in [0.25, 0.3) is 0 Å². The van der Waals surface area contributed by atoms with E-state index in [1.165, 1.54) is 0 Å². The molecular formula is C15H13BrN2OS. The van der Waals surface area contributed by atoms with E-state index in [0.717, 1.165) is 10.0 Å².